The summed E-state index contributed by atoms with van der Waals surface area (Å²) in [7, 11) is 0. The Morgan fingerprint density at radius 1 is 1.67 bits per heavy atom. The first kappa shape index (κ1) is 9.12. The Labute approximate surface area is 69.4 Å². The van der Waals surface area contributed by atoms with E-state index in [1.807, 2.05) is 6.92 Å². The molecule has 0 aliphatic rings. The zero-order chi connectivity index (χ0) is 8.97. The maximum absolute atomic E-state index is 12.0. The summed E-state index contributed by atoms with van der Waals surface area (Å²) < 4.78 is 24.6. The van der Waals surface area contributed by atoms with Crippen molar-refractivity contribution in [3.8, 4) is 0 Å². The second kappa shape index (κ2) is 4.15. The average Bonchev–Trinajstić information content (AvgIpc) is 2.48. The lowest BCUT2D eigenvalue weighted by atomic mass is 10.3. The Balaban J connectivity index is 2.52. The average molecular weight is 175 g/mol. The number of nitrogens with zero attached hydrogens (tertiary/aromatic N) is 2. The second-order valence-electron chi connectivity index (χ2n) is 2.39. The molecule has 0 amide bonds. The number of halogens is 2. The van der Waals surface area contributed by atoms with Crippen molar-refractivity contribution in [1.29, 1.82) is 0 Å². The van der Waals surface area contributed by atoms with Gasteiger partial charge in [0.2, 0.25) is 0 Å². The van der Waals surface area contributed by atoms with Gasteiger partial charge < -0.3 is 5.32 Å². The van der Waals surface area contributed by atoms with Crippen molar-refractivity contribution in [3.05, 3.63) is 18.0 Å². The van der Waals surface area contributed by atoms with E-state index >= 15 is 0 Å². The third kappa shape index (κ3) is 2.27. The molecule has 1 rings (SSSR count). The third-order valence-electron chi connectivity index (χ3n) is 1.43. The molecule has 1 aromatic heterocycles. The van der Waals surface area contributed by atoms with E-state index < -0.39 is 6.55 Å². The number of nitrogens with one attached hydrogen (secondary N) is 1. The van der Waals surface area contributed by atoms with E-state index in [0.717, 1.165) is 12.1 Å². The molecule has 1 N–H and O–H groups in total. The van der Waals surface area contributed by atoms with Crippen LogP contribution in [0.25, 0.3) is 0 Å². The van der Waals surface area contributed by atoms with Crippen LogP contribution in [0.5, 0.6) is 0 Å². The monoisotopic (exact) mass is 175 g/mol. The van der Waals surface area contributed by atoms with Crippen molar-refractivity contribution < 1.29 is 8.78 Å². The van der Waals surface area contributed by atoms with Crippen LogP contribution in [0.4, 0.5) is 8.78 Å². The van der Waals surface area contributed by atoms with Crippen LogP contribution < -0.4 is 5.32 Å². The van der Waals surface area contributed by atoms with Crippen LogP contribution in [0.2, 0.25) is 0 Å². The van der Waals surface area contributed by atoms with Crippen LogP contribution in [0, 0.1) is 0 Å². The van der Waals surface area contributed by atoms with Gasteiger partial charge in [-0.2, -0.15) is 13.9 Å². The van der Waals surface area contributed by atoms with Crippen LogP contribution in [-0.4, -0.2) is 16.3 Å². The first-order valence-corrected chi connectivity index (χ1v) is 3.76. The van der Waals surface area contributed by atoms with Gasteiger partial charge in [0.25, 0.3) is 0 Å². The molecule has 68 valence electrons. The topological polar surface area (TPSA) is 29.9 Å². The first-order chi connectivity index (χ1) is 5.74. The minimum absolute atomic E-state index is 0.587. The van der Waals surface area contributed by atoms with Gasteiger partial charge >= 0.3 is 6.55 Å². The molecule has 0 unspecified atom stereocenters. The molecule has 0 saturated carbocycles. The van der Waals surface area contributed by atoms with Crippen molar-refractivity contribution in [2.75, 3.05) is 6.54 Å². The van der Waals surface area contributed by atoms with Gasteiger partial charge in [-0.1, -0.05) is 6.92 Å². The van der Waals surface area contributed by atoms with E-state index in [4.69, 9.17) is 0 Å². The molecule has 3 nitrogen and oxygen atoms in total. The Bertz CT molecular complexity index is 234. The van der Waals surface area contributed by atoms with Crippen molar-refractivity contribution in [3.63, 3.8) is 0 Å². The smallest absolute Gasteiger partial charge is 0.313 e. The standard InChI is InChI=1S/C7H11F2N3/c1-2-10-3-6-4-11-12(5-6)7(8)9/h4-5,7,10H,2-3H2,1H3. The van der Waals surface area contributed by atoms with Crippen LogP contribution in [-0.2, 0) is 6.54 Å². The van der Waals surface area contributed by atoms with Crippen LogP contribution in [0.3, 0.4) is 0 Å². The first-order valence-electron chi connectivity index (χ1n) is 3.76. The fourth-order valence-corrected chi connectivity index (χ4v) is 0.845. The molecule has 1 heterocycles. The van der Waals surface area contributed by atoms with Gasteiger partial charge in [0.1, 0.15) is 0 Å². The Hall–Kier alpha value is -0.970. The van der Waals surface area contributed by atoms with Crippen LogP contribution in [0.15, 0.2) is 12.4 Å². The van der Waals surface area contributed by atoms with Crippen molar-refractivity contribution in [2.24, 2.45) is 0 Å². The molecular formula is C7H11F2N3. The van der Waals surface area contributed by atoms with Gasteiger partial charge in [0, 0.05) is 18.3 Å². The van der Waals surface area contributed by atoms with Crippen molar-refractivity contribution >= 4 is 0 Å². The fraction of sp³-hybridized carbons (Fsp3) is 0.571. The van der Waals surface area contributed by atoms with Gasteiger partial charge in [-0.15, -0.1) is 0 Å². The molecule has 0 bridgehead atoms. The van der Waals surface area contributed by atoms with Gasteiger partial charge in [0.15, 0.2) is 0 Å². The van der Waals surface area contributed by atoms with Crippen LogP contribution >= 0.6 is 0 Å². The minimum atomic E-state index is -2.54. The van der Waals surface area contributed by atoms with Crippen LogP contribution in [0.1, 0.15) is 19.0 Å². The molecular weight excluding hydrogens is 164 g/mol. The summed E-state index contributed by atoms with van der Waals surface area (Å²) in [6.45, 7) is 0.820. The molecule has 0 atom stereocenters. The fourth-order valence-electron chi connectivity index (χ4n) is 0.845. The summed E-state index contributed by atoms with van der Waals surface area (Å²) in [4.78, 5) is 0. The van der Waals surface area contributed by atoms with E-state index in [2.05, 4.69) is 10.4 Å². The van der Waals surface area contributed by atoms with E-state index in [-0.39, 0.29) is 0 Å². The summed E-state index contributed by atoms with van der Waals surface area (Å²) in [5.74, 6) is 0. The Morgan fingerprint density at radius 2 is 2.42 bits per heavy atom. The van der Waals surface area contributed by atoms with Gasteiger partial charge in [-0.05, 0) is 6.54 Å². The second-order valence-corrected chi connectivity index (χ2v) is 2.39. The van der Waals surface area contributed by atoms with Crippen molar-refractivity contribution in [2.45, 2.75) is 20.0 Å². The highest BCUT2D eigenvalue weighted by atomic mass is 19.3. The summed E-state index contributed by atoms with van der Waals surface area (Å²) in [6, 6.07) is 0. The molecule has 1 aromatic rings. The third-order valence-corrected chi connectivity index (χ3v) is 1.43. The molecule has 0 spiro atoms. The minimum Gasteiger partial charge on any atom is -0.313 e. The number of rotatable bonds is 4. The maximum Gasteiger partial charge on any atom is 0.333 e. The van der Waals surface area contributed by atoms with E-state index in [0.29, 0.717) is 11.2 Å². The molecule has 0 saturated heterocycles. The molecule has 0 radical (unpaired) electrons. The maximum atomic E-state index is 12.0. The molecule has 12 heavy (non-hydrogen) atoms. The van der Waals surface area contributed by atoms with Gasteiger partial charge in [0.05, 0.1) is 6.20 Å². The largest absolute Gasteiger partial charge is 0.333 e. The van der Waals surface area contributed by atoms with E-state index in [9.17, 15) is 8.78 Å². The number of hydrogen-bond acceptors (Lipinski definition) is 2. The molecule has 0 fully saturated rings. The summed E-state index contributed by atoms with van der Waals surface area (Å²) in [5, 5.41) is 6.51. The predicted octanol–water partition coefficient (Wildman–Crippen LogP) is 1.39. The normalized spacial score (nSPS) is 11.0. The highest BCUT2D eigenvalue weighted by molar-refractivity contribution is 5.03. The quantitative estimate of drug-likeness (QED) is 0.749. The number of alkyl halides is 2. The summed E-state index contributed by atoms with van der Waals surface area (Å²) >= 11 is 0. The van der Waals surface area contributed by atoms with Gasteiger partial charge in [-0.25, -0.2) is 4.68 Å². The van der Waals surface area contributed by atoms with Crippen molar-refractivity contribution in [1.82, 2.24) is 15.1 Å². The molecule has 0 aromatic carbocycles. The highest BCUT2D eigenvalue weighted by Crippen LogP contribution is 2.08. The SMILES string of the molecule is CCNCc1cnn(C(F)F)c1. The molecule has 5 heteroatoms. The van der Waals surface area contributed by atoms with E-state index in [1.54, 1.807) is 0 Å². The summed E-state index contributed by atoms with van der Waals surface area (Å²) in [5.41, 5.74) is 0.775. The molecule has 0 aliphatic heterocycles. The lowest BCUT2D eigenvalue weighted by Gasteiger charge is -1.97. The predicted molar refractivity (Wildman–Crippen MR) is 40.9 cm³/mol. The Kier molecular flexibility index (Phi) is 3.16. The highest BCUT2D eigenvalue weighted by Gasteiger charge is 2.06. The number of aromatic nitrogens is 2. The van der Waals surface area contributed by atoms with Gasteiger partial charge in [-0.3, -0.25) is 0 Å². The lowest BCUT2D eigenvalue weighted by Crippen LogP contribution is -2.11. The lowest BCUT2D eigenvalue weighted by molar-refractivity contribution is 0.0565. The Morgan fingerprint density at radius 3 is 2.92 bits per heavy atom. The summed E-state index contributed by atoms with van der Waals surface area (Å²) in [6.07, 6.45) is 2.78. The zero-order valence-electron chi connectivity index (χ0n) is 6.80. The zero-order valence-corrected chi connectivity index (χ0v) is 6.80. The number of hydrogen-bond donors (Lipinski definition) is 1. The van der Waals surface area contributed by atoms with E-state index in [1.165, 1.54) is 12.4 Å². The molecule has 0 aliphatic carbocycles.